The number of nitrogens with two attached hydrogens (primary N) is 1. The minimum atomic E-state index is -2.00. The average molecular weight is 205 g/mol. The maximum absolute atomic E-state index is 10.9. The summed E-state index contributed by atoms with van der Waals surface area (Å²) in [5.74, 6) is -0.991. The normalized spacial score (nSPS) is 17.4. The van der Waals surface area contributed by atoms with Gasteiger partial charge < -0.3 is 21.1 Å². The first-order chi connectivity index (χ1) is 6.49. The van der Waals surface area contributed by atoms with Gasteiger partial charge in [-0.25, -0.2) is 0 Å². The quantitative estimate of drug-likeness (QED) is 0.406. The van der Waals surface area contributed by atoms with Crippen LogP contribution in [0.5, 0.6) is 0 Å². The van der Waals surface area contributed by atoms with E-state index in [-0.39, 0.29) is 6.42 Å². The van der Waals surface area contributed by atoms with Crippen LogP contribution in [0.3, 0.4) is 0 Å². The summed E-state index contributed by atoms with van der Waals surface area (Å²) in [6.45, 7) is 1.30. The molecule has 5 N–H and O–H groups in total. The lowest BCUT2D eigenvalue weighted by molar-refractivity contribution is -0.154. The van der Waals surface area contributed by atoms with Crippen molar-refractivity contribution in [3.05, 3.63) is 0 Å². The predicted octanol–water partition coefficient (Wildman–Crippen LogP) is -0.864. The summed E-state index contributed by atoms with van der Waals surface area (Å²) in [6, 6.07) is 0. The van der Waals surface area contributed by atoms with E-state index in [0.717, 1.165) is 12.8 Å². The molecule has 0 saturated carbocycles. The van der Waals surface area contributed by atoms with Crippen LogP contribution in [-0.2, 0) is 4.79 Å². The third-order valence-electron chi connectivity index (χ3n) is 2.31. The summed E-state index contributed by atoms with van der Waals surface area (Å²) < 4.78 is 0. The minimum absolute atomic E-state index is 0.0813. The van der Waals surface area contributed by atoms with E-state index in [1.807, 2.05) is 6.92 Å². The Bertz CT molecular complexity index is 186. The second-order valence-corrected chi connectivity index (χ2v) is 3.44. The Morgan fingerprint density at radius 2 is 2.07 bits per heavy atom. The topological polar surface area (TPSA) is 104 Å². The van der Waals surface area contributed by atoms with Crippen molar-refractivity contribution < 1.29 is 20.1 Å². The Kier molecular flexibility index (Phi) is 5.68. The molecule has 0 radical (unpaired) electrons. The number of amides is 1. The third-order valence-corrected chi connectivity index (χ3v) is 2.31. The highest BCUT2D eigenvalue weighted by atomic mass is 16.4. The smallest absolute Gasteiger partial charge is 0.252 e. The molecule has 0 spiro atoms. The number of aliphatic hydroxyl groups excluding tert-OH is 2. The zero-order valence-corrected chi connectivity index (χ0v) is 8.44. The van der Waals surface area contributed by atoms with E-state index in [1.165, 1.54) is 0 Å². The second kappa shape index (κ2) is 5.95. The first-order valence-electron chi connectivity index (χ1n) is 4.80. The first kappa shape index (κ1) is 13.4. The van der Waals surface area contributed by atoms with Gasteiger partial charge in [-0.05, 0) is 12.8 Å². The third kappa shape index (κ3) is 3.25. The summed E-state index contributed by atoms with van der Waals surface area (Å²) in [7, 11) is 0. The van der Waals surface area contributed by atoms with Crippen molar-refractivity contribution in [2.45, 2.75) is 44.3 Å². The molecule has 5 heteroatoms. The van der Waals surface area contributed by atoms with E-state index in [4.69, 9.17) is 10.8 Å². The number of rotatable bonds is 7. The lowest BCUT2D eigenvalue weighted by Crippen LogP contribution is -2.54. The summed E-state index contributed by atoms with van der Waals surface area (Å²) in [6.07, 6.45) is 0.944. The fourth-order valence-electron chi connectivity index (χ4n) is 1.25. The number of unbranched alkanes of at least 4 members (excludes halogenated alkanes) is 2. The van der Waals surface area contributed by atoms with Crippen LogP contribution in [0.15, 0.2) is 0 Å². The molecule has 2 atom stereocenters. The largest absolute Gasteiger partial charge is 0.394 e. The zero-order valence-electron chi connectivity index (χ0n) is 8.44. The van der Waals surface area contributed by atoms with Crippen LogP contribution in [-0.4, -0.2) is 39.5 Å². The lowest BCUT2D eigenvalue weighted by atomic mass is 9.90. The van der Waals surface area contributed by atoms with Crippen LogP contribution >= 0.6 is 0 Å². The number of aliphatic hydroxyl groups is 3. The van der Waals surface area contributed by atoms with E-state index in [0.29, 0.717) is 6.42 Å². The van der Waals surface area contributed by atoms with Crippen LogP contribution in [0.1, 0.15) is 32.6 Å². The van der Waals surface area contributed by atoms with Gasteiger partial charge in [0.1, 0.15) is 6.10 Å². The Morgan fingerprint density at radius 1 is 1.50 bits per heavy atom. The van der Waals surface area contributed by atoms with Gasteiger partial charge in [-0.1, -0.05) is 19.8 Å². The van der Waals surface area contributed by atoms with Crippen LogP contribution < -0.4 is 5.73 Å². The van der Waals surface area contributed by atoms with Gasteiger partial charge in [-0.3, -0.25) is 4.79 Å². The van der Waals surface area contributed by atoms with Crippen molar-refractivity contribution in [3.63, 3.8) is 0 Å². The number of carbonyl (C=O) groups is 1. The molecule has 0 aliphatic heterocycles. The van der Waals surface area contributed by atoms with Crippen molar-refractivity contribution in [2.75, 3.05) is 6.61 Å². The van der Waals surface area contributed by atoms with Gasteiger partial charge in [0.2, 0.25) is 0 Å². The van der Waals surface area contributed by atoms with Gasteiger partial charge in [0, 0.05) is 0 Å². The molecule has 0 aromatic rings. The summed E-state index contributed by atoms with van der Waals surface area (Å²) in [5.41, 5.74) is 2.97. The lowest BCUT2D eigenvalue weighted by Gasteiger charge is -2.28. The molecule has 14 heavy (non-hydrogen) atoms. The summed E-state index contributed by atoms with van der Waals surface area (Å²) in [4.78, 5) is 10.9. The molecule has 0 aromatic heterocycles. The average Bonchev–Trinajstić information content (AvgIpc) is 2.16. The molecule has 0 aliphatic rings. The molecule has 0 aliphatic carbocycles. The molecule has 0 saturated heterocycles. The van der Waals surface area contributed by atoms with Gasteiger partial charge in [-0.2, -0.15) is 0 Å². The molecule has 0 fully saturated rings. The maximum Gasteiger partial charge on any atom is 0.252 e. The van der Waals surface area contributed by atoms with Gasteiger partial charge in [0.15, 0.2) is 5.60 Å². The number of carbonyl (C=O) groups excluding carboxylic acids is 1. The Morgan fingerprint density at radius 3 is 2.43 bits per heavy atom. The van der Waals surface area contributed by atoms with Crippen molar-refractivity contribution in [1.29, 1.82) is 0 Å². The van der Waals surface area contributed by atoms with Crippen LogP contribution in [0, 0.1) is 0 Å². The van der Waals surface area contributed by atoms with Gasteiger partial charge >= 0.3 is 0 Å². The molecule has 84 valence electrons. The number of hydrogen-bond donors (Lipinski definition) is 4. The summed E-state index contributed by atoms with van der Waals surface area (Å²) >= 11 is 0. The molecular formula is C9H19NO4. The van der Waals surface area contributed by atoms with Crippen molar-refractivity contribution in [3.8, 4) is 0 Å². The molecule has 0 aromatic carbocycles. The fourth-order valence-corrected chi connectivity index (χ4v) is 1.25. The van der Waals surface area contributed by atoms with E-state index in [1.54, 1.807) is 0 Å². The molecule has 1 amide bonds. The van der Waals surface area contributed by atoms with Crippen LogP contribution in [0.25, 0.3) is 0 Å². The van der Waals surface area contributed by atoms with Crippen LogP contribution in [0.2, 0.25) is 0 Å². The first-order valence-corrected chi connectivity index (χ1v) is 4.80. The predicted molar refractivity (Wildman–Crippen MR) is 51.4 cm³/mol. The molecule has 0 heterocycles. The zero-order chi connectivity index (χ0) is 11.2. The van der Waals surface area contributed by atoms with Crippen molar-refractivity contribution in [1.82, 2.24) is 0 Å². The second-order valence-electron chi connectivity index (χ2n) is 3.44. The van der Waals surface area contributed by atoms with Gasteiger partial charge in [0.05, 0.1) is 6.61 Å². The number of hydrogen-bond acceptors (Lipinski definition) is 4. The van der Waals surface area contributed by atoms with Crippen LogP contribution in [0.4, 0.5) is 0 Å². The van der Waals surface area contributed by atoms with Crippen molar-refractivity contribution in [2.24, 2.45) is 5.73 Å². The Labute approximate surface area is 83.5 Å². The molecule has 0 unspecified atom stereocenters. The van der Waals surface area contributed by atoms with E-state index in [2.05, 4.69) is 0 Å². The molecular weight excluding hydrogens is 186 g/mol. The van der Waals surface area contributed by atoms with Gasteiger partial charge in [0.25, 0.3) is 5.91 Å². The molecule has 0 rings (SSSR count). The molecule has 5 nitrogen and oxygen atoms in total. The highest BCUT2D eigenvalue weighted by Gasteiger charge is 2.40. The Balaban J connectivity index is 4.32. The van der Waals surface area contributed by atoms with E-state index >= 15 is 0 Å². The molecule has 0 bridgehead atoms. The number of primary amides is 1. The highest BCUT2D eigenvalue weighted by molar-refractivity contribution is 5.83. The fraction of sp³-hybridized carbons (Fsp3) is 0.889. The van der Waals surface area contributed by atoms with E-state index in [9.17, 15) is 15.0 Å². The van der Waals surface area contributed by atoms with Gasteiger partial charge in [-0.15, -0.1) is 0 Å². The van der Waals surface area contributed by atoms with Crippen molar-refractivity contribution >= 4 is 5.91 Å². The standard InChI is InChI=1S/C9H19NO4/c1-2-3-4-5-9(14,8(10)13)7(12)6-11/h7,11-12,14H,2-6H2,1H3,(H2,10,13)/t7-,9-/m1/s1. The Hall–Kier alpha value is -0.650. The maximum atomic E-state index is 10.9. The minimum Gasteiger partial charge on any atom is -0.394 e. The monoisotopic (exact) mass is 205 g/mol. The SMILES string of the molecule is CCCCC[C@](O)(C(N)=O)[C@H](O)CO. The van der Waals surface area contributed by atoms with E-state index < -0.39 is 24.2 Å². The summed E-state index contributed by atoms with van der Waals surface area (Å²) in [5, 5.41) is 27.6. The highest BCUT2D eigenvalue weighted by Crippen LogP contribution is 2.19.